The molecule has 1 aliphatic heterocycles. The number of hydrogen-bond donors (Lipinski definition) is 1. The van der Waals surface area contributed by atoms with Crippen LogP contribution in [0.1, 0.15) is 24.1 Å². The van der Waals surface area contributed by atoms with Gasteiger partial charge in [0.05, 0.1) is 7.11 Å². The highest BCUT2D eigenvalue weighted by Gasteiger charge is 2.17. The van der Waals surface area contributed by atoms with Crippen molar-refractivity contribution in [2.75, 3.05) is 13.7 Å². The zero-order chi connectivity index (χ0) is 9.26. The predicted octanol–water partition coefficient (Wildman–Crippen LogP) is 1.90. The molecule has 0 amide bonds. The van der Waals surface area contributed by atoms with Gasteiger partial charge in [0.25, 0.3) is 0 Å². The van der Waals surface area contributed by atoms with Gasteiger partial charge in [-0.25, -0.2) is 0 Å². The summed E-state index contributed by atoms with van der Waals surface area (Å²) in [7, 11) is 1.74. The highest BCUT2D eigenvalue weighted by Crippen LogP contribution is 2.29. The Hall–Kier alpha value is -1.02. The van der Waals surface area contributed by atoms with Crippen LogP contribution in [-0.4, -0.2) is 13.7 Å². The zero-order valence-electron chi connectivity index (χ0n) is 8.13. The molecule has 0 aromatic heterocycles. The SMILES string of the molecule is COc1cccc2c1CCN[C@@H]2C. The Kier molecular flexibility index (Phi) is 2.23. The number of rotatable bonds is 1. The maximum Gasteiger partial charge on any atom is 0.122 e. The lowest BCUT2D eigenvalue weighted by Gasteiger charge is -2.25. The zero-order valence-corrected chi connectivity index (χ0v) is 8.13. The maximum absolute atomic E-state index is 5.33. The van der Waals surface area contributed by atoms with Gasteiger partial charge < -0.3 is 10.1 Å². The molecule has 0 fully saturated rings. The van der Waals surface area contributed by atoms with Gasteiger partial charge in [0, 0.05) is 11.6 Å². The molecule has 0 aliphatic carbocycles. The van der Waals surface area contributed by atoms with Gasteiger partial charge in [-0.2, -0.15) is 0 Å². The van der Waals surface area contributed by atoms with Crippen LogP contribution in [0.15, 0.2) is 18.2 Å². The molecule has 0 radical (unpaired) electrons. The van der Waals surface area contributed by atoms with Gasteiger partial charge in [-0.1, -0.05) is 12.1 Å². The smallest absolute Gasteiger partial charge is 0.122 e. The molecular formula is C11H15NO. The first kappa shape index (κ1) is 8.57. The second-order valence-electron chi connectivity index (χ2n) is 3.45. The number of nitrogens with one attached hydrogen (secondary N) is 1. The first-order valence-corrected chi connectivity index (χ1v) is 4.72. The lowest BCUT2D eigenvalue weighted by Crippen LogP contribution is -2.27. The fraction of sp³-hybridized carbons (Fsp3) is 0.455. The average Bonchev–Trinajstić information content (AvgIpc) is 2.18. The third-order valence-corrected chi connectivity index (χ3v) is 2.68. The molecule has 2 rings (SSSR count). The summed E-state index contributed by atoms with van der Waals surface area (Å²) in [6.45, 7) is 3.24. The highest BCUT2D eigenvalue weighted by atomic mass is 16.5. The van der Waals surface area contributed by atoms with E-state index < -0.39 is 0 Å². The van der Waals surface area contributed by atoms with Crippen molar-refractivity contribution in [1.82, 2.24) is 5.32 Å². The van der Waals surface area contributed by atoms with E-state index >= 15 is 0 Å². The van der Waals surface area contributed by atoms with Gasteiger partial charge >= 0.3 is 0 Å². The molecule has 13 heavy (non-hydrogen) atoms. The van der Waals surface area contributed by atoms with Gasteiger partial charge in [-0.3, -0.25) is 0 Å². The molecule has 0 spiro atoms. The Morgan fingerprint density at radius 3 is 3.08 bits per heavy atom. The van der Waals surface area contributed by atoms with E-state index in [1.807, 2.05) is 6.07 Å². The Labute approximate surface area is 78.9 Å². The number of ether oxygens (including phenoxy) is 1. The fourth-order valence-corrected chi connectivity index (χ4v) is 1.97. The van der Waals surface area contributed by atoms with E-state index in [9.17, 15) is 0 Å². The van der Waals surface area contributed by atoms with Gasteiger partial charge in [0.1, 0.15) is 5.75 Å². The molecule has 70 valence electrons. The maximum atomic E-state index is 5.33. The van der Waals surface area contributed by atoms with E-state index in [0.29, 0.717) is 6.04 Å². The molecular weight excluding hydrogens is 162 g/mol. The van der Waals surface area contributed by atoms with E-state index in [2.05, 4.69) is 24.4 Å². The normalized spacial score (nSPS) is 20.9. The van der Waals surface area contributed by atoms with Crippen molar-refractivity contribution in [1.29, 1.82) is 0 Å². The summed E-state index contributed by atoms with van der Waals surface area (Å²) < 4.78 is 5.33. The van der Waals surface area contributed by atoms with Crippen molar-refractivity contribution >= 4 is 0 Å². The van der Waals surface area contributed by atoms with Crippen molar-refractivity contribution in [2.45, 2.75) is 19.4 Å². The minimum Gasteiger partial charge on any atom is -0.496 e. The molecule has 1 aromatic rings. The summed E-state index contributed by atoms with van der Waals surface area (Å²) in [6, 6.07) is 6.73. The van der Waals surface area contributed by atoms with Crippen LogP contribution in [0.5, 0.6) is 5.75 Å². The lowest BCUT2D eigenvalue weighted by molar-refractivity contribution is 0.402. The molecule has 0 unspecified atom stereocenters. The molecule has 1 aliphatic rings. The van der Waals surface area contributed by atoms with Crippen molar-refractivity contribution < 1.29 is 4.74 Å². The Morgan fingerprint density at radius 2 is 2.31 bits per heavy atom. The van der Waals surface area contributed by atoms with Crippen LogP contribution in [0.25, 0.3) is 0 Å². The number of methoxy groups -OCH3 is 1. The summed E-state index contributed by atoms with van der Waals surface area (Å²) in [5.74, 6) is 1.03. The molecule has 1 atom stereocenters. The van der Waals surface area contributed by atoms with Gasteiger partial charge in [0.2, 0.25) is 0 Å². The van der Waals surface area contributed by atoms with Crippen molar-refractivity contribution in [3.8, 4) is 5.75 Å². The third kappa shape index (κ3) is 1.42. The van der Waals surface area contributed by atoms with Crippen molar-refractivity contribution in [3.63, 3.8) is 0 Å². The monoisotopic (exact) mass is 177 g/mol. The largest absolute Gasteiger partial charge is 0.496 e. The van der Waals surface area contributed by atoms with Crippen LogP contribution in [0, 0.1) is 0 Å². The third-order valence-electron chi connectivity index (χ3n) is 2.68. The number of hydrogen-bond acceptors (Lipinski definition) is 2. The summed E-state index contributed by atoms with van der Waals surface area (Å²) in [4.78, 5) is 0. The summed E-state index contributed by atoms with van der Waals surface area (Å²) >= 11 is 0. The number of benzene rings is 1. The quantitative estimate of drug-likeness (QED) is 0.707. The first-order chi connectivity index (χ1) is 6.33. The minimum absolute atomic E-state index is 0.457. The van der Waals surface area contributed by atoms with E-state index in [1.54, 1.807) is 7.11 Å². The van der Waals surface area contributed by atoms with E-state index in [0.717, 1.165) is 18.7 Å². The lowest BCUT2D eigenvalue weighted by atomic mass is 9.94. The second kappa shape index (κ2) is 3.38. The summed E-state index contributed by atoms with van der Waals surface area (Å²) in [5.41, 5.74) is 2.75. The van der Waals surface area contributed by atoms with Gasteiger partial charge in [0.15, 0.2) is 0 Å². The molecule has 0 saturated heterocycles. The molecule has 2 heteroatoms. The molecule has 2 nitrogen and oxygen atoms in total. The molecule has 0 bridgehead atoms. The minimum atomic E-state index is 0.457. The Bertz CT molecular complexity index is 309. The van der Waals surface area contributed by atoms with Crippen molar-refractivity contribution in [3.05, 3.63) is 29.3 Å². The predicted molar refractivity (Wildman–Crippen MR) is 53.1 cm³/mol. The molecule has 1 N–H and O–H groups in total. The van der Waals surface area contributed by atoms with E-state index in [4.69, 9.17) is 4.74 Å². The molecule has 0 saturated carbocycles. The van der Waals surface area contributed by atoms with Crippen LogP contribution >= 0.6 is 0 Å². The second-order valence-corrected chi connectivity index (χ2v) is 3.45. The Morgan fingerprint density at radius 1 is 1.46 bits per heavy atom. The topological polar surface area (TPSA) is 21.3 Å². The van der Waals surface area contributed by atoms with Gasteiger partial charge in [-0.15, -0.1) is 0 Å². The van der Waals surface area contributed by atoms with Crippen LogP contribution in [0.4, 0.5) is 0 Å². The molecule has 1 heterocycles. The highest BCUT2D eigenvalue weighted by molar-refractivity contribution is 5.43. The van der Waals surface area contributed by atoms with Crippen LogP contribution < -0.4 is 10.1 Å². The summed E-state index contributed by atoms with van der Waals surface area (Å²) in [6.07, 6.45) is 1.07. The van der Waals surface area contributed by atoms with E-state index in [1.165, 1.54) is 11.1 Å². The van der Waals surface area contributed by atoms with Crippen molar-refractivity contribution in [2.24, 2.45) is 0 Å². The van der Waals surface area contributed by atoms with Crippen LogP contribution in [0.2, 0.25) is 0 Å². The molecule has 1 aromatic carbocycles. The average molecular weight is 177 g/mol. The van der Waals surface area contributed by atoms with Crippen LogP contribution in [0.3, 0.4) is 0 Å². The first-order valence-electron chi connectivity index (χ1n) is 4.72. The van der Waals surface area contributed by atoms with E-state index in [-0.39, 0.29) is 0 Å². The van der Waals surface area contributed by atoms with Crippen LogP contribution in [-0.2, 0) is 6.42 Å². The summed E-state index contributed by atoms with van der Waals surface area (Å²) in [5, 5.41) is 3.43. The van der Waals surface area contributed by atoms with Gasteiger partial charge in [-0.05, 0) is 31.5 Å². The standard InChI is InChI=1S/C11H15NO/c1-8-9-4-3-5-11(13-2)10(9)6-7-12-8/h3-5,8,12H,6-7H2,1-2H3/t8-/m1/s1. The Balaban J connectivity index is 2.48. The number of fused-ring (bicyclic) bond motifs is 1. The fourth-order valence-electron chi connectivity index (χ4n) is 1.97.